The largest absolute Gasteiger partial charge is 0.462 e. The molecule has 4 nitrogen and oxygen atoms in total. The number of anilines is 1. The van der Waals surface area contributed by atoms with Gasteiger partial charge in [-0.05, 0) is 61.5 Å². The quantitative estimate of drug-likeness (QED) is 0.521. The minimum atomic E-state index is -0.324. The first-order chi connectivity index (χ1) is 12.5. The number of benzene rings is 2. The lowest BCUT2D eigenvalue weighted by Crippen LogP contribution is -2.05. The van der Waals surface area contributed by atoms with Gasteiger partial charge in [0.05, 0.1) is 18.7 Å². The molecule has 3 rings (SSSR count). The van der Waals surface area contributed by atoms with Gasteiger partial charge in [0, 0.05) is 21.3 Å². The first-order valence-corrected chi connectivity index (χ1v) is 8.87. The fourth-order valence-electron chi connectivity index (χ4n) is 2.45. The number of furan rings is 1. The Morgan fingerprint density at radius 3 is 2.38 bits per heavy atom. The molecule has 0 atom stereocenters. The Labute approximate surface area is 161 Å². The highest BCUT2D eigenvalue weighted by molar-refractivity contribution is 6.35. The van der Waals surface area contributed by atoms with Gasteiger partial charge in [-0.3, -0.25) is 0 Å². The van der Waals surface area contributed by atoms with E-state index in [9.17, 15) is 4.79 Å². The number of carbonyl (C=O) groups excluding carboxylic acids is 1. The van der Waals surface area contributed by atoms with Crippen LogP contribution in [-0.4, -0.2) is 12.6 Å². The van der Waals surface area contributed by atoms with E-state index in [1.54, 1.807) is 37.3 Å². The summed E-state index contributed by atoms with van der Waals surface area (Å²) in [4.78, 5) is 11.6. The summed E-state index contributed by atoms with van der Waals surface area (Å²) in [5.41, 5.74) is 2.23. The highest BCUT2D eigenvalue weighted by atomic mass is 35.5. The van der Waals surface area contributed by atoms with Crippen LogP contribution in [0.15, 0.2) is 59.0 Å². The average Bonchev–Trinajstić information content (AvgIpc) is 3.09. The van der Waals surface area contributed by atoms with Gasteiger partial charge in [0.1, 0.15) is 11.5 Å². The Bertz CT molecular complexity index is 883. The summed E-state index contributed by atoms with van der Waals surface area (Å²) < 4.78 is 10.8. The maximum Gasteiger partial charge on any atom is 0.338 e. The lowest BCUT2D eigenvalue weighted by molar-refractivity contribution is 0.0526. The highest BCUT2D eigenvalue weighted by Gasteiger charge is 2.08. The first-order valence-electron chi connectivity index (χ1n) is 8.11. The van der Waals surface area contributed by atoms with E-state index < -0.39 is 0 Å². The summed E-state index contributed by atoms with van der Waals surface area (Å²) in [6.07, 6.45) is 0. The first kappa shape index (κ1) is 18.4. The maximum atomic E-state index is 11.6. The average molecular weight is 390 g/mol. The van der Waals surface area contributed by atoms with Crippen LogP contribution >= 0.6 is 23.2 Å². The summed E-state index contributed by atoms with van der Waals surface area (Å²) in [5.74, 6) is 1.14. The Morgan fingerprint density at radius 1 is 1.04 bits per heavy atom. The van der Waals surface area contributed by atoms with E-state index in [1.165, 1.54) is 0 Å². The van der Waals surface area contributed by atoms with E-state index in [0.717, 1.165) is 17.0 Å². The number of nitrogens with one attached hydrogen (secondary N) is 1. The van der Waals surface area contributed by atoms with Gasteiger partial charge in [0.15, 0.2) is 0 Å². The van der Waals surface area contributed by atoms with Gasteiger partial charge in [-0.1, -0.05) is 23.2 Å². The second kappa shape index (κ2) is 8.30. The highest BCUT2D eigenvalue weighted by Crippen LogP contribution is 2.28. The second-order valence-electron chi connectivity index (χ2n) is 5.58. The van der Waals surface area contributed by atoms with Crippen molar-refractivity contribution in [1.29, 1.82) is 0 Å². The van der Waals surface area contributed by atoms with Crippen molar-refractivity contribution < 1.29 is 13.9 Å². The number of ether oxygens (including phenoxy) is 1. The van der Waals surface area contributed by atoms with E-state index in [1.807, 2.05) is 24.3 Å². The van der Waals surface area contributed by atoms with Gasteiger partial charge in [-0.25, -0.2) is 4.79 Å². The lowest BCUT2D eigenvalue weighted by atomic mass is 10.2. The van der Waals surface area contributed by atoms with E-state index in [-0.39, 0.29) is 5.97 Å². The van der Waals surface area contributed by atoms with Gasteiger partial charge in [-0.15, -0.1) is 0 Å². The number of halogens is 2. The van der Waals surface area contributed by atoms with Crippen LogP contribution in [-0.2, 0) is 11.3 Å². The summed E-state index contributed by atoms with van der Waals surface area (Å²) in [6, 6.07) is 16.2. The smallest absolute Gasteiger partial charge is 0.338 e. The second-order valence-corrected chi connectivity index (χ2v) is 6.45. The van der Waals surface area contributed by atoms with Gasteiger partial charge < -0.3 is 14.5 Å². The third kappa shape index (κ3) is 4.59. The van der Waals surface area contributed by atoms with Crippen molar-refractivity contribution in [3.8, 4) is 11.3 Å². The molecule has 0 saturated carbocycles. The molecule has 2 aromatic carbocycles. The van der Waals surface area contributed by atoms with Crippen LogP contribution in [0.25, 0.3) is 11.3 Å². The molecule has 6 heteroatoms. The zero-order chi connectivity index (χ0) is 18.5. The molecule has 0 bridgehead atoms. The Hall–Kier alpha value is -2.43. The van der Waals surface area contributed by atoms with Crippen molar-refractivity contribution in [2.45, 2.75) is 13.5 Å². The normalized spacial score (nSPS) is 10.6. The van der Waals surface area contributed by atoms with Crippen LogP contribution in [0.2, 0.25) is 10.0 Å². The van der Waals surface area contributed by atoms with Crippen molar-refractivity contribution in [1.82, 2.24) is 0 Å². The molecule has 0 fully saturated rings. The van der Waals surface area contributed by atoms with E-state index in [0.29, 0.717) is 34.5 Å². The minimum Gasteiger partial charge on any atom is -0.462 e. The van der Waals surface area contributed by atoms with Crippen molar-refractivity contribution >= 4 is 34.9 Å². The fourth-order valence-corrected chi connectivity index (χ4v) is 2.98. The molecule has 26 heavy (non-hydrogen) atoms. The van der Waals surface area contributed by atoms with Gasteiger partial charge in [-0.2, -0.15) is 0 Å². The molecule has 0 spiro atoms. The predicted molar refractivity (Wildman–Crippen MR) is 104 cm³/mol. The molecule has 0 saturated heterocycles. The third-order valence-electron chi connectivity index (χ3n) is 3.67. The van der Waals surface area contributed by atoms with E-state index >= 15 is 0 Å². The summed E-state index contributed by atoms with van der Waals surface area (Å²) in [7, 11) is 0. The lowest BCUT2D eigenvalue weighted by Gasteiger charge is -2.06. The molecule has 1 heterocycles. The molecule has 1 N–H and O–H groups in total. The van der Waals surface area contributed by atoms with Crippen LogP contribution in [0.1, 0.15) is 23.0 Å². The molecule has 1 aromatic heterocycles. The van der Waals surface area contributed by atoms with Crippen molar-refractivity contribution in [3.63, 3.8) is 0 Å². The standard InChI is InChI=1S/C20H17Cl2NO3/c1-2-25-20(24)13-3-5-17(6-4-13)23-12-18-7-8-19(26-18)14-9-15(21)11-16(22)10-14/h3-11,23H,2,12H2,1H3. The zero-order valence-electron chi connectivity index (χ0n) is 14.1. The number of hydrogen-bond acceptors (Lipinski definition) is 4. The molecule has 0 aliphatic rings. The number of rotatable bonds is 6. The van der Waals surface area contributed by atoms with Gasteiger partial charge >= 0.3 is 5.97 Å². The molecule has 134 valence electrons. The SMILES string of the molecule is CCOC(=O)c1ccc(NCc2ccc(-c3cc(Cl)cc(Cl)c3)o2)cc1. The topological polar surface area (TPSA) is 51.5 Å². The Balaban J connectivity index is 1.64. The summed E-state index contributed by atoms with van der Waals surface area (Å²) in [5, 5.41) is 4.37. The Morgan fingerprint density at radius 2 is 1.73 bits per heavy atom. The van der Waals surface area contributed by atoms with E-state index in [2.05, 4.69) is 5.32 Å². The number of esters is 1. The van der Waals surface area contributed by atoms with Crippen molar-refractivity contribution in [2.24, 2.45) is 0 Å². The van der Waals surface area contributed by atoms with Crippen molar-refractivity contribution in [2.75, 3.05) is 11.9 Å². The molecule has 0 unspecified atom stereocenters. The molecule has 0 aliphatic carbocycles. The van der Waals surface area contributed by atoms with E-state index in [4.69, 9.17) is 32.4 Å². The van der Waals surface area contributed by atoms with Crippen LogP contribution in [0.3, 0.4) is 0 Å². The summed E-state index contributed by atoms with van der Waals surface area (Å²) in [6.45, 7) is 2.65. The molecular weight excluding hydrogens is 373 g/mol. The molecular formula is C20H17Cl2NO3. The zero-order valence-corrected chi connectivity index (χ0v) is 15.6. The molecule has 0 aliphatic heterocycles. The monoisotopic (exact) mass is 389 g/mol. The van der Waals surface area contributed by atoms with Crippen LogP contribution in [0.4, 0.5) is 5.69 Å². The molecule has 0 radical (unpaired) electrons. The Kier molecular flexibility index (Phi) is 5.86. The summed E-state index contributed by atoms with van der Waals surface area (Å²) >= 11 is 12.1. The van der Waals surface area contributed by atoms with Gasteiger partial charge in [0.2, 0.25) is 0 Å². The van der Waals surface area contributed by atoms with Crippen LogP contribution < -0.4 is 5.32 Å². The fraction of sp³-hybridized carbons (Fsp3) is 0.150. The predicted octanol–water partition coefficient (Wildman–Crippen LogP) is 6.04. The number of carbonyl (C=O) groups is 1. The van der Waals surface area contributed by atoms with Crippen molar-refractivity contribution in [3.05, 3.63) is 76.0 Å². The van der Waals surface area contributed by atoms with Gasteiger partial charge in [0.25, 0.3) is 0 Å². The third-order valence-corrected chi connectivity index (χ3v) is 4.11. The minimum absolute atomic E-state index is 0.324. The van der Waals surface area contributed by atoms with Crippen LogP contribution in [0.5, 0.6) is 0 Å². The maximum absolute atomic E-state index is 11.6. The molecule has 3 aromatic rings. The number of hydrogen-bond donors (Lipinski definition) is 1. The van der Waals surface area contributed by atoms with Crippen LogP contribution in [0, 0.1) is 0 Å². The molecule has 0 amide bonds.